The van der Waals surface area contributed by atoms with Crippen LogP contribution in [0.15, 0.2) is 90.0 Å². The fourth-order valence-electron chi connectivity index (χ4n) is 4.49. The second kappa shape index (κ2) is 14.0. The molecule has 1 aromatic heterocycles. The van der Waals surface area contributed by atoms with Crippen molar-refractivity contribution in [1.82, 2.24) is 14.5 Å². The number of para-hydroxylation sites is 2. The summed E-state index contributed by atoms with van der Waals surface area (Å²) < 4.78 is 2.24. The molecular weight excluding hydrogens is 458 g/mol. The van der Waals surface area contributed by atoms with E-state index in [1.807, 2.05) is 66.4 Å². The first kappa shape index (κ1) is 27.6. The summed E-state index contributed by atoms with van der Waals surface area (Å²) in [4.78, 5) is 18.6. The maximum atomic E-state index is 11.9. The highest BCUT2D eigenvalue weighted by Crippen LogP contribution is 2.31. The van der Waals surface area contributed by atoms with Crippen LogP contribution in [0.3, 0.4) is 0 Å². The van der Waals surface area contributed by atoms with Crippen molar-refractivity contribution in [2.24, 2.45) is 11.7 Å². The summed E-state index contributed by atoms with van der Waals surface area (Å²) in [6.45, 7) is 8.19. The minimum Gasteiger partial charge on any atom is -0.335 e. The van der Waals surface area contributed by atoms with Crippen molar-refractivity contribution in [2.75, 3.05) is 13.1 Å². The molecule has 2 aromatic carbocycles. The topological polar surface area (TPSA) is 87.9 Å². The molecule has 0 spiro atoms. The van der Waals surface area contributed by atoms with Gasteiger partial charge in [0, 0.05) is 18.7 Å². The maximum absolute atomic E-state index is 11.9. The first-order valence-electron chi connectivity index (χ1n) is 12.8. The number of rotatable bonds is 9. The van der Waals surface area contributed by atoms with Gasteiger partial charge in [-0.15, -0.1) is 0 Å². The molecule has 37 heavy (non-hydrogen) atoms. The normalized spacial score (nSPS) is 13.6. The van der Waals surface area contributed by atoms with E-state index >= 15 is 0 Å². The molecule has 1 atom stereocenters. The lowest BCUT2D eigenvalue weighted by atomic mass is 10.0. The number of carbonyl (C=O) groups is 1. The Hall–Kier alpha value is -3.95. The monoisotopic (exact) mass is 495 g/mol. The molecule has 1 unspecified atom stereocenters. The second-order valence-electron chi connectivity index (χ2n) is 9.50. The third-order valence-corrected chi connectivity index (χ3v) is 6.24. The predicted molar refractivity (Wildman–Crippen MR) is 151 cm³/mol. The number of benzene rings is 2. The van der Waals surface area contributed by atoms with Crippen LogP contribution >= 0.6 is 0 Å². The van der Waals surface area contributed by atoms with Crippen molar-refractivity contribution in [3.63, 3.8) is 0 Å². The molecule has 6 nitrogen and oxygen atoms in total. The number of hydrogen-bond acceptors (Lipinski definition) is 4. The Morgan fingerprint density at radius 1 is 1.16 bits per heavy atom. The van der Waals surface area contributed by atoms with Gasteiger partial charge in [-0.2, -0.15) is 5.26 Å². The molecule has 192 valence electrons. The van der Waals surface area contributed by atoms with Gasteiger partial charge >= 0.3 is 0 Å². The van der Waals surface area contributed by atoms with E-state index in [1.165, 1.54) is 5.56 Å². The van der Waals surface area contributed by atoms with Gasteiger partial charge in [0.15, 0.2) is 0 Å². The zero-order valence-electron chi connectivity index (χ0n) is 22.0. The van der Waals surface area contributed by atoms with Crippen LogP contribution in [0.2, 0.25) is 0 Å². The minimum absolute atomic E-state index is 0.0924. The van der Waals surface area contributed by atoms with E-state index in [0.717, 1.165) is 53.8 Å². The van der Waals surface area contributed by atoms with Gasteiger partial charge < -0.3 is 15.2 Å². The summed E-state index contributed by atoms with van der Waals surface area (Å²) in [6, 6.07) is 20.5. The molecule has 2 N–H and O–H groups in total. The Bertz CT molecular complexity index is 1290. The fraction of sp³-hybridized carbons (Fsp3) is 0.323. The molecule has 0 fully saturated rings. The SMILES string of the molecule is CC(C)C(c1nc2ccccc2n1Cc1ccccc1)N(C=O)CCCN.CC1=CC(C#N)=CCC=C1. The smallest absolute Gasteiger partial charge is 0.210 e. The summed E-state index contributed by atoms with van der Waals surface area (Å²) in [6.07, 6.45) is 10.5. The van der Waals surface area contributed by atoms with Crippen LogP contribution in [0.5, 0.6) is 0 Å². The number of aromatic nitrogens is 2. The number of nitrogens with two attached hydrogens (primary N) is 1. The van der Waals surface area contributed by atoms with Crippen molar-refractivity contribution in [2.45, 2.75) is 46.2 Å². The maximum Gasteiger partial charge on any atom is 0.210 e. The highest BCUT2D eigenvalue weighted by atomic mass is 16.1. The van der Waals surface area contributed by atoms with E-state index < -0.39 is 0 Å². The molecule has 0 bridgehead atoms. The van der Waals surface area contributed by atoms with Gasteiger partial charge in [-0.3, -0.25) is 4.79 Å². The average Bonchev–Trinajstić information content (AvgIpc) is 3.11. The van der Waals surface area contributed by atoms with Gasteiger partial charge in [-0.05, 0) is 56.0 Å². The number of allylic oxidation sites excluding steroid dienone is 6. The van der Waals surface area contributed by atoms with Crippen LogP contribution in [0, 0.1) is 17.2 Å². The molecular formula is C31H37N5O. The Morgan fingerprint density at radius 3 is 2.57 bits per heavy atom. The summed E-state index contributed by atoms with van der Waals surface area (Å²) in [5.41, 5.74) is 10.8. The van der Waals surface area contributed by atoms with Crippen molar-refractivity contribution in [3.05, 3.63) is 101 Å². The molecule has 1 heterocycles. The summed E-state index contributed by atoms with van der Waals surface area (Å²) in [5, 5.41) is 8.54. The van der Waals surface area contributed by atoms with E-state index in [0.29, 0.717) is 13.1 Å². The number of fused-ring (bicyclic) bond motifs is 1. The van der Waals surface area contributed by atoms with Crippen LogP contribution in [0.25, 0.3) is 11.0 Å². The molecule has 0 saturated carbocycles. The number of nitrogens with zero attached hydrogens (tertiary/aromatic N) is 4. The van der Waals surface area contributed by atoms with E-state index in [-0.39, 0.29) is 12.0 Å². The Morgan fingerprint density at radius 2 is 1.89 bits per heavy atom. The van der Waals surface area contributed by atoms with Gasteiger partial charge in [0.25, 0.3) is 0 Å². The van der Waals surface area contributed by atoms with E-state index in [9.17, 15) is 4.79 Å². The lowest BCUT2D eigenvalue weighted by Gasteiger charge is -2.31. The van der Waals surface area contributed by atoms with Gasteiger partial charge in [0.2, 0.25) is 6.41 Å². The zero-order chi connectivity index (χ0) is 26.6. The number of nitriles is 1. The zero-order valence-corrected chi connectivity index (χ0v) is 22.0. The van der Waals surface area contributed by atoms with Crippen LogP contribution in [-0.4, -0.2) is 34.0 Å². The number of amides is 1. The predicted octanol–water partition coefficient (Wildman–Crippen LogP) is 5.93. The Balaban J connectivity index is 0.000000319. The largest absolute Gasteiger partial charge is 0.335 e. The lowest BCUT2D eigenvalue weighted by Crippen LogP contribution is -2.34. The van der Waals surface area contributed by atoms with E-state index in [1.54, 1.807) is 0 Å². The number of carbonyl (C=O) groups excluding carboxylic acids is 1. The van der Waals surface area contributed by atoms with Crippen LogP contribution < -0.4 is 5.73 Å². The molecule has 3 aromatic rings. The fourth-order valence-corrected chi connectivity index (χ4v) is 4.49. The summed E-state index contributed by atoms with van der Waals surface area (Å²) in [7, 11) is 0. The average molecular weight is 496 g/mol. The molecule has 4 rings (SSSR count). The first-order valence-corrected chi connectivity index (χ1v) is 12.8. The molecule has 0 radical (unpaired) electrons. The molecule has 6 heteroatoms. The molecule has 1 aliphatic rings. The van der Waals surface area contributed by atoms with E-state index in [2.05, 4.69) is 48.8 Å². The van der Waals surface area contributed by atoms with Crippen molar-refractivity contribution in [1.29, 1.82) is 5.26 Å². The van der Waals surface area contributed by atoms with Crippen LogP contribution in [0.1, 0.15) is 51.0 Å². The Labute approximate surface area is 220 Å². The first-order chi connectivity index (χ1) is 18.0. The van der Waals surface area contributed by atoms with Gasteiger partial charge in [-0.1, -0.05) is 80.1 Å². The highest BCUT2D eigenvalue weighted by Gasteiger charge is 2.28. The van der Waals surface area contributed by atoms with Crippen molar-refractivity contribution >= 4 is 17.4 Å². The van der Waals surface area contributed by atoms with Crippen molar-refractivity contribution in [3.8, 4) is 6.07 Å². The van der Waals surface area contributed by atoms with Gasteiger partial charge in [0.1, 0.15) is 5.82 Å². The number of hydrogen-bond donors (Lipinski definition) is 1. The van der Waals surface area contributed by atoms with Gasteiger partial charge in [-0.25, -0.2) is 4.98 Å². The molecule has 0 aliphatic heterocycles. The third-order valence-electron chi connectivity index (χ3n) is 6.24. The van der Waals surface area contributed by atoms with E-state index in [4.69, 9.17) is 16.0 Å². The van der Waals surface area contributed by atoms with Crippen molar-refractivity contribution < 1.29 is 4.79 Å². The van der Waals surface area contributed by atoms with Gasteiger partial charge in [0.05, 0.1) is 23.1 Å². The molecule has 1 amide bonds. The third kappa shape index (κ3) is 7.52. The molecule has 0 saturated heterocycles. The number of imidazole rings is 1. The second-order valence-corrected chi connectivity index (χ2v) is 9.50. The summed E-state index contributed by atoms with van der Waals surface area (Å²) >= 11 is 0. The molecule has 1 aliphatic carbocycles. The minimum atomic E-state index is -0.0924. The highest BCUT2D eigenvalue weighted by molar-refractivity contribution is 5.76. The summed E-state index contributed by atoms with van der Waals surface area (Å²) in [5.74, 6) is 1.17. The van der Waals surface area contributed by atoms with Crippen LogP contribution in [0.4, 0.5) is 0 Å². The van der Waals surface area contributed by atoms with Crippen LogP contribution in [-0.2, 0) is 11.3 Å². The Kier molecular flexibility index (Phi) is 10.4. The standard InChI is InChI=1S/C22H28N4O.C9H9N/c1-17(2)21(25(16-27)14-8-13-23)22-24-19-11-6-7-12-20(19)26(22)15-18-9-4-3-5-10-18;1-8-4-2-3-5-9(6-8)7-10/h3-7,9-12,16-17,21H,8,13-15,23H2,1-2H3;2,4-6H,3H2,1H3. The lowest BCUT2D eigenvalue weighted by molar-refractivity contribution is -0.121. The quantitative estimate of drug-likeness (QED) is 0.373.